The minimum absolute atomic E-state index is 0.547. The first-order valence-corrected chi connectivity index (χ1v) is 4.93. The molecule has 0 amide bonds. The Morgan fingerprint density at radius 3 is 2.42 bits per heavy atom. The number of halogens is 1. The van der Waals surface area contributed by atoms with E-state index in [1.165, 1.54) is 5.56 Å². The van der Waals surface area contributed by atoms with E-state index < -0.39 is 0 Å². The predicted octanol–water partition coefficient (Wildman–Crippen LogP) is 2.60. The Hall–Kier alpha value is -0.340. The summed E-state index contributed by atoms with van der Waals surface area (Å²) < 4.78 is 1.14. The van der Waals surface area contributed by atoms with Crippen molar-refractivity contribution in [1.82, 2.24) is 5.32 Å². The molecular formula is C10H14BrN. The molecule has 0 radical (unpaired) electrons. The summed E-state index contributed by atoms with van der Waals surface area (Å²) in [7, 11) is 1.99. The highest BCUT2D eigenvalue weighted by Gasteiger charge is 1.99. The second-order valence-corrected chi connectivity index (χ2v) is 3.94. The Morgan fingerprint density at radius 2 is 1.92 bits per heavy atom. The van der Waals surface area contributed by atoms with Gasteiger partial charge in [0.15, 0.2) is 0 Å². The lowest BCUT2D eigenvalue weighted by Gasteiger charge is -2.09. The molecule has 12 heavy (non-hydrogen) atoms. The molecule has 1 atom stereocenters. The third-order valence-electron chi connectivity index (χ3n) is 1.95. The molecule has 1 aromatic rings. The summed E-state index contributed by atoms with van der Waals surface area (Å²) in [5, 5.41) is 3.22. The highest BCUT2D eigenvalue weighted by atomic mass is 79.9. The van der Waals surface area contributed by atoms with Crippen LogP contribution in [0.25, 0.3) is 0 Å². The number of likely N-dealkylation sites (N-methyl/N-ethyl adjacent to an activating group) is 1. The van der Waals surface area contributed by atoms with Crippen LogP contribution in [0.1, 0.15) is 12.5 Å². The normalized spacial score (nSPS) is 12.9. The lowest BCUT2D eigenvalue weighted by Crippen LogP contribution is -2.23. The van der Waals surface area contributed by atoms with Gasteiger partial charge in [-0.1, -0.05) is 28.1 Å². The van der Waals surface area contributed by atoms with Crippen LogP contribution in [-0.2, 0) is 6.42 Å². The van der Waals surface area contributed by atoms with E-state index in [1.807, 2.05) is 7.05 Å². The topological polar surface area (TPSA) is 12.0 Å². The zero-order chi connectivity index (χ0) is 8.97. The van der Waals surface area contributed by atoms with Crippen LogP contribution < -0.4 is 5.32 Å². The van der Waals surface area contributed by atoms with E-state index in [9.17, 15) is 0 Å². The van der Waals surface area contributed by atoms with Crippen molar-refractivity contribution in [2.24, 2.45) is 0 Å². The minimum Gasteiger partial charge on any atom is -0.317 e. The van der Waals surface area contributed by atoms with Gasteiger partial charge in [-0.3, -0.25) is 0 Å². The Kier molecular flexibility index (Phi) is 3.76. The Bertz CT molecular complexity index is 230. The van der Waals surface area contributed by atoms with Crippen molar-refractivity contribution in [3.8, 4) is 0 Å². The highest BCUT2D eigenvalue weighted by Crippen LogP contribution is 2.11. The van der Waals surface area contributed by atoms with Crippen LogP contribution in [0.5, 0.6) is 0 Å². The van der Waals surface area contributed by atoms with Crippen molar-refractivity contribution in [2.75, 3.05) is 7.05 Å². The monoisotopic (exact) mass is 227 g/mol. The van der Waals surface area contributed by atoms with Crippen LogP contribution >= 0.6 is 15.9 Å². The first kappa shape index (κ1) is 9.75. The standard InChI is InChI=1S/C10H14BrN/c1-8(12-2)7-9-3-5-10(11)6-4-9/h3-6,8,12H,7H2,1-2H3. The molecule has 1 nitrogen and oxygen atoms in total. The summed E-state index contributed by atoms with van der Waals surface area (Å²) in [5.74, 6) is 0. The Balaban J connectivity index is 2.58. The second kappa shape index (κ2) is 4.63. The lowest BCUT2D eigenvalue weighted by molar-refractivity contribution is 0.608. The third-order valence-corrected chi connectivity index (χ3v) is 2.48. The van der Waals surface area contributed by atoms with Gasteiger partial charge < -0.3 is 5.32 Å². The van der Waals surface area contributed by atoms with Gasteiger partial charge in [0.1, 0.15) is 0 Å². The van der Waals surface area contributed by atoms with E-state index in [0.29, 0.717) is 6.04 Å². The molecule has 2 heteroatoms. The molecule has 0 bridgehead atoms. The van der Waals surface area contributed by atoms with Gasteiger partial charge in [-0.05, 0) is 38.1 Å². The molecule has 0 saturated heterocycles. The number of nitrogens with one attached hydrogen (secondary N) is 1. The number of rotatable bonds is 3. The molecule has 1 N–H and O–H groups in total. The van der Waals surface area contributed by atoms with Crippen LogP contribution in [0, 0.1) is 0 Å². The maximum absolute atomic E-state index is 3.41. The van der Waals surface area contributed by atoms with Crippen molar-refractivity contribution >= 4 is 15.9 Å². The van der Waals surface area contributed by atoms with Crippen molar-refractivity contribution in [1.29, 1.82) is 0 Å². The summed E-state index contributed by atoms with van der Waals surface area (Å²) in [6.07, 6.45) is 1.09. The van der Waals surface area contributed by atoms with Gasteiger partial charge in [-0.2, -0.15) is 0 Å². The smallest absolute Gasteiger partial charge is 0.0175 e. The van der Waals surface area contributed by atoms with Crippen molar-refractivity contribution in [2.45, 2.75) is 19.4 Å². The van der Waals surface area contributed by atoms with Crippen LogP contribution in [0.2, 0.25) is 0 Å². The van der Waals surface area contributed by atoms with E-state index in [-0.39, 0.29) is 0 Å². The number of benzene rings is 1. The predicted molar refractivity (Wildman–Crippen MR) is 56.4 cm³/mol. The third kappa shape index (κ3) is 2.95. The average Bonchev–Trinajstić information content (AvgIpc) is 2.09. The molecule has 1 rings (SSSR count). The minimum atomic E-state index is 0.547. The summed E-state index contributed by atoms with van der Waals surface area (Å²) in [6.45, 7) is 2.18. The van der Waals surface area contributed by atoms with Crippen LogP contribution in [0.3, 0.4) is 0 Å². The first-order valence-electron chi connectivity index (χ1n) is 4.14. The molecule has 0 heterocycles. The van der Waals surface area contributed by atoms with Crippen molar-refractivity contribution in [3.05, 3.63) is 34.3 Å². The fourth-order valence-corrected chi connectivity index (χ4v) is 1.34. The molecule has 66 valence electrons. The van der Waals surface area contributed by atoms with Crippen molar-refractivity contribution < 1.29 is 0 Å². The molecule has 0 aliphatic rings. The zero-order valence-electron chi connectivity index (χ0n) is 7.47. The van der Waals surface area contributed by atoms with Gasteiger partial charge in [-0.25, -0.2) is 0 Å². The molecule has 0 aliphatic heterocycles. The van der Waals surface area contributed by atoms with E-state index >= 15 is 0 Å². The van der Waals surface area contributed by atoms with E-state index in [1.54, 1.807) is 0 Å². The molecule has 0 saturated carbocycles. The quantitative estimate of drug-likeness (QED) is 0.838. The molecule has 1 aromatic carbocycles. The average molecular weight is 228 g/mol. The van der Waals surface area contributed by atoms with E-state index in [2.05, 4.69) is 52.4 Å². The molecular weight excluding hydrogens is 214 g/mol. The molecule has 0 spiro atoms. The van der Waals surface area contributed by atoms with Gasteiger partial charge in [0.2, 0.25) is 0 Å². The summed E-state index contributed by atoms with van der Waals surface area (Å²) >= 11 is 3.41. The van der Waals surface area contributed by atoms with Crippen molar-refractivity contribution in [3.63, 3.8) is 0 Å². The summed E-state index contributed by atoms with van der Waals surface area (Å²) in [6, 6.07) is 9.01. The first-order chi connectivity index (χ1) is 5.72. The summed E-state index contributed by atoms with van der Waals surface area (Å²) in [4.78, 5) is 0. The van der Waals surface area contributed by atoms with Crippen LogP contribution in [0.4, 0.5) is 0 Å². The Morgan fingerprint density at radius 1 is 1.33 bits per heavy atom. The van der Waals surface area contributed by atoms with Gasteiger partial charge >= 0.3 is 0 Å². The Labute approximate surface area is 82.3 Å². The summed E-state index contributed by atoms with van der Waals surface area (Å²) in [5.41, 5.74) is 1.38. The van der Waals surface area contributed by atoms with Gasteiger partial charge in [0, 0.05) is 10.5 Å². The van der Waals surface area contributed by atoms with Gasteiger partial charge in [0.05, 0.1) is 0 Å². The maximum Gasteiger partial charge on any atom is 0.0175 e. The lowest BCUT2D eigenvalue weighted by atomic mass is 10.1. The fraction of sp³-hybridized carbons (Fsp3) is 0.400. The van der Waals surface area contributed by atoms with Gasteiger partial charge in [-0.15, -0.1) is 0 Å². The van der Waals surface area contributed by atoms with Crippen LogP contribution in [-0.4, -0.2) is 13.1 Å². The molecule has 0 aromatic heterocycles. The molecule has 0 fully saturated rings. The number of hydrogen-bond acceptors (Lipinski definition) is 1. The zero-order valence-corrected chi connectivity index (χ0v) is 9.06. The molecule has 1 unspecified atom stereocenters. The number of hydrogen-bond donors (Lipinski definition) is 1. The van der Waals surface area contributed by atoms with E-state index in [4.69, 9.17) is 0 Å². The van der Waals surface area contributed by atoms with E-state index in [0.717, 1.165) is 10.9 Å². The highest BCUT2D eigenvalue weighted by molar-refractivity contribution is 9.10. The maximum atomic E-state index is 3.41. The largest absolute Gasteiger partial charge is 0.317 e. The van der Waals surface area contributed by atoms with Gasteiger partial charge in [0.25, 0.3) is 0 Å². The molecule has 0 aliphatic carbocycles. The van der Waals surface area contributed by atoms with Crippen LogP contribution in [0.15, 0.2) is 28.7 Å². The SMILES string of the molecule is CNC(C)Cc1ccc(Br)cc1. The second-order valence-electron chi connectivity index (χ2n) is 3.02. The fourth-order valence-electron chi connectivity index (χ4n) is 1.08.